The lowest BCUT2D eigenvalue weighted by Crippen LogP contribution is -2.59. The van der Waals surface area contributed by atoms with Crippen LogP contribution in [0.3, 0.4) is 0 Å². The molecule has 2 fully saturated rings. The fourth-order valence-corrected chi connectivity index (χ4v) is 2.80. The molecule has 74 valence electrons. The summed E-state index contributed by atoms with van der Waals surface area (Å²) in [5.74, 6) is 0.894. The highest BCUT2D eigenvalue weighted by Gasteiger charge is 2.47. The molecule has 0 aromatic heterocycles. The van der Waals surface area contributed by atoms with Crippen LogP contribution >= 0.6 is 0 Å². The number of amides is 1. The van der Waals surface area contributed by atoms with Gasteiger partial charge in [-0.15, -0.1) is 0 Å². The van der Waals surface area contributed by atoms with Crippen LogP contribution in [0, 0.1) is 11.3 Å². The molecule has 2 unspecified atom stereocenters. The molecule has 2 N–H and O–H groups in total. The molecule has 2 heterocycles. The van der Waals surface area contributed by atoms with Crippen molar-refractivity contribution in [3.8, 4) is 0 Å². The Morgan fingerprint density at radius 3 is 2.92 bits per heavy atom. The van der Waals surface area contributed by atoms with Crippen molar-refractivity contribution < 1.29 is 4.79 Å². The van der Waals surface area contributed by atoms with Crippen LogP contribution in [0.2, 0.25) is 0 Å². The quantitative estimate of drug-likeness (QED) is 0.620. The van der Waals surface area contributed by atoms with Crippen molar-refractivity contribution in [2.45, 2.75) is 26.2 Å². The van der Waals surface area contributed by atoms with E-state index in [9.17, 15) is 4.79 Å². The minimum absolute atomic E-state index is 0.0868. The molecule has 2 rings (SSSR count). The zero-order chi connectivity index (χ0) is 9.31. The predicted molar refractivity (Wildman–Crippen MR) is 51.3 cm³/mol. The Hall–Kier alpha value is -0.570. The smallest absolute Gasteiger partial charge is 0.227 e. The molecule has 3 nitrogen and oxygen atoms in total. The van der Waals surface area contributed by atoms with E-state index >= 15 is 0 Å². The molecule has 0 aromatic carbocycles. The SMILES string of the molecule is CCC12CNCCC1CCNC2=O. The normalized spacial score (nSPS) is 39.5. The van der Waals surface area contributed by atoms with Crippen LogP contribution in [-0.4, -0.2) is 25.5 Å². The highest BCUT2D eigenvalue weighted by molar-refractivity contribution is 5.84. The maximum absolute atomic E-state index is 11.8. The second-order valence-corrected chi connectivity index (χ2v) is 4.22. The maximum atomic E-state index is 11.8. The summed E-state index contributed by atoms with van der Waals surface area (Å²) in [5, 5.41) is 6.34. The van der Waals surface area contributed by atoms with Crippen LogP contribution in [0.1, 0.15) is 26.2 Å². The van der Waals surface area contributed by atoms with E-state index < -0.39 is 0 Å². The minimum atomic E-state index is -0.0868. The second-order valence-electron chi connectivity index (χ2n) is 4.22. The maximum Gasteiger partial charge on any atom is 0.227 e. The number of piperidine rings is 2. The number of hydrogen-bond donors (Lipinski definition) is 2. The van der Waals surface area contributed by atoms with Crippen LogP contribution in [0.5, 0.6) is 0 Å². The second kappa shape index (κ2) is 3.29. The van der Waals surface area contributed by atoms with E-state index in [1.807, 2.05) is 0 Å². The van der Waals surface area contributed by atoms with Crippen molar-refractivity contribution in [1.82, 2.24) is 10.6 Å². The van der Waals surface area contributed by atoms with Gasteiger partial charge in [-0.2, -0.15) is 0 Å². The van der Waals surface area contributed by atoms with Crippen molar-refractivity contribution in [2.75, 3.05) is 19.6 Å². The molecule has 2 saturated heterocycles. The molecule has 3 heteroatoms. The van der Waals surface area contributed by atoms with Gasteiger partial charge >= 0.3 is 0 Å². The molecule has 2 atom stereocenters. The number of nitrogens with one attached hydrogen (secondary N) is 2. The third kappa shape index (κ3) is 1.26. The van der Waals surface area contributed by atoms with Gasteiger partial charge in [0.1, 0.15) is 0 Å². The molecule has 0 spiro atoms. The number of rotatable bonds is 1. The molecule has 0 aromatic rings. The first-order chi connectivity index (χ1) is 6.29. The summed E-state index contributed by atoms with van der Waals surface area (Å²) in [4.78, 5) is 11.8. The monoisotopic (exact) mass is 182 g/mol. The van der Waals surface area contributed by atoms with Gasteiger partial charge in [0.15, 0.2) is 0 Å². The van der Waals surface area contributed by atoms with Crippen LogP contribution in [0.25, 0.3) is 0 Å². The lowest BCUT2D eigenvalue weighted by atomic mass is 9.66. The van der Waals surface area contributed by atoms with Gasteiger partial charge < -0.3 is 10.6 Å². The first-order valence-electron chi connectivity index (χ1n) is 5.28. The van der Waals surface area contributed by atoms with Gasteiger partial charge in [-0.05, 0) is 31.7 Å². The fraction of sp³-hybridized carbons (Fsp3) is 0.900. The van der Waals surface area contributed by atoms with E-state index in [1.165, 1.54) is 12.8 Å². The van der Waals surface area contributed by atoms with Gasteiger partial charge in [0, 0.05) is 13.1 Å². The fourth-order valence-electron chi connectivity index (χ4n) is 2.80. The molecule has 2 aliphatic heterocycles. The summed E-state index contributed by atoms with van der Waals surface area (Å²) >= 11 is 0. The molecule has 0 radical (unpaired) electrons. The third-order valence-electron chi connectivity index (χ3n) is 3.75. The number of fused-ring (bicyclic) bond motifs is 1. The summed E-state index contributed by atoms with van der Waals surface area (Å²) < 4.78 is 0. The molecule has 13 heavy (non-hydrogen) atoms. The molecule has 2 aliphatic rings. The lowest BCUT2D eigenvalue weighted by Gasteiger charge is -2.45. The van der Waals surface area contributed by atoms with Crippen LogP contribution in [0.4, 0.5) is 0 Å². The van der Waals surface area contributed by atoms with E-state index in [0.717, 1.165) is 26.1 Å². The van der Waals surface area contributed by atoms with Gasteiger partial charge in [-0.1, -0.05) is 6.92 Å². The Morgan fingerprint density at radius 1 is 1.46 bits per heavy atom. The van der Waals surface area contributed by atoms with E-state index in [4.69, 9.17) is 0 Å². The molecule has 1 amide bonds. The molecule has 0 saturated carbocycles. The molecular weight excluding hydrogens is 164 g/mol. The minimum Gasteiger partial charge on any atom is -0.356 e. The van der Waals surface area contributed by atoms with E-state index in [1.54, 1.807) is 0 Å². The van der Waals surface area contributed by atoms with Crippen molar-refractivity contribution in [1.29, 1.82) is 0 Å². The Morgan fingerprint density at radius 2 is 2.23 bits per heavy atom. The van der Waals surface area contributed by atoms with Gasteiger partial charge in [-0.3, -0.25) is 4.79 Å². The summed E-state index contributed by atoms with van der Waals surface area (Å²) in [6.07, 6.45) is 3.30. The topological polar surface area (TPSA) is 41.1 Å². The lowest BCUT2D eigenvalue weighted by molar-refractivity contribution is -0.139. The van der Waals surface area contributed by atoms with Crippen molar-refractivity contribution in [3.63, 3.8) is 0 Å². The molecule has 0 aliphatic carbocycles. The standard InChI is InChI=1S/C10H18N2O/c1-2-10-7-11-5-3-8(10)4-6-12-9(10)13/h8,11H,2-7H2,1H3,(H,12,13). The van der Waals surface area contributed by atoms with Crippen LogP contribution in [-0.2, 0) is 4.79 Å². The van der Waals surface area contributed by atoms with E-state index in [0.29, 0.717) is 5.92 Å². The Labute approximate surface area is 79.3 Å². The number of hydrogen-bond acceptors (Lipinski definition) is 2. The summed E-state index contributed by atoms with van der Waals surface area (Å²) in [6.45, 7) is 4.97. The Bertz CT molecular complexity index is 215. The highest BCUT2D eigenvalue weighted by atomic mass is 16.2. The van der Waals surface area contributed by atoms with Gasteiger partial charge in [0.05, 0.1) is 5.41 Å². The number of carbonyl (C=O) groups excluding carboxylic acids is 1. The van der Waals surface area contributed by atoms with Crippen molar-refractivity contribution in [3.05, 3.63) is 0 Å². The Kier molecular flexibility index (Phi) is 2.28. The first-order valence-corrected chi connectivity index (χ1v) is 5.28. The van der Waals surface area contributed by atoms with Crippen molar-refractivity contribution >= 4 is 5.91 Å². The molecular formula is C10H18N2O. The third-order valence-corrected chi connectivity index (χ3v) is 3.75. The van der Waals surface area contributed by atoms with Gasteiger partial charge in [-0.25, -0.2) is 0 Å². The van der Waals surface area contributed by atoms with Crippen LogP contribution < -0.4 is 10.6 Å². The zero-order valence-corrected chi connectivity index (χ0v) is 8.23. The Balaban J connectivity index is 2.23. The van der Waals surface area contributed by atoms with Gasteiger partial charge in [0.2, 0.25) is 5.91 Å². The molecule has 0 bridgehead atoms. The summed E-state index contributed by atoms with van der Waals surface area (Å²) in [7, 11) is 0. The van der Waals surface area contributed by atoms with Gasteiger partial charge in [0.25, 0.3) is 0 Å². The summed E-state index contributed by atoms with van der Waals surface area (Å²) in [6, 6.07) is 0. The largest absolute Gasteiger partial charge is 0.356 e. The average molecular weight is 182 g/mol. The predicted octanol–water partition coefficient (Wildman–Crippen LogP) is 0.512. The highest BCUT2D eigenvalue weighted by Crippen LogP contribution is 2.40. The zero-order valence-electron chi connectivity index (χ0n) is 8.23. The van der Waals surface area contributed by atoms with Crippen molar-refractivity contribution in [2.24, 2.45) is 11.3 Å². The van der Waals surface area contributed by atoms with E-state index in [2.05, 4.69) is 17.6 Å². The van der Waals surface area contributed by atoms with E-state index in [-0.39, 0.29) is 11.3 Å². The first kappa shape index (κ1) is 9.00. The average Bonchev–Trinajstić information content (AvgIpc) is 2.19. The summed E-state index contributed by atoms with van der Waals surface area (Å²) in [5.41, 5.74) is -0.0868. The number of carbonyl (C=O) groups is 1. The van der Waals surface area contributed by atoms with Crippen LogP contribution in [0.15, 0.2) is 0 Å².